The molecule has 0 aromatic heterocycles. The van der Waals surface area contributed by atoms with Gasteiger partial charge in [-0.15, -0.1) is 0 Å². The van der Waals surface area contributed by atoms with Crippen molar-refractivity contribution >= 4 is 17.0 Å². The van der Waals surface area contributed by atoms with Crippen LogP contribution in [0.3, 0.4) is 0 Å². The average Bonchev–Trinajstić information content (AvgIpc) is 3.73. The van der Waals surface area contributed by atoms with Gasteiger partial charge in [0.05, 0.1) is 12.1 Å². The average molecular weight is 781 g/mol. The summed E-state index contributed by atoms with van der Waals surface area (Å²) in [6, 6.07) is 46.7. The molecule has 2 saturated carbocycles. The number of aliphatic imine (C=N–C) groups is 1. The minimum Gasteiger partial charge on any atom is -0.363 e. The number of hydrogen-bond acceptors (Lipinski definition) is 2. The van der Waals surface area contributed by atoms with Gasteiger partial charge in [0.1, 0.15) is 5.84 Å². The highest BCUT2D eigenvalue weighted by molar-refractivity contribution is 5.99. The molecule has 4 unspecified atom stereocenters. The highest BCUT2D eigenvalue weighted by Gasteiger charge is 2.55. The van der Waals surface area contributed by atoms with Gasteiger partial charge < -0.3 is 5.32 Å². The molecule has 0 radical (unpaired) electrons. The first-order valence-electron chi connectivity index (χ1n) is 23.3. The standard InChI is InChI=1S/C58H56N2/c1-5-15-39(16-6-1)40-21-25-42(26-22-40)54-38-55(60-56(59-54)44-17-7-2-8-18-44)43-27-23-41(24-28-43)45-29-30-47-49-36-48-46-19-9-10-20-50(46)57(31-11-3-12-32-57)52(48)37-53(49)58(51(47)35-45)33-13-4-14-34-58/h2,5,7-10,15-30,35-37,48,52,54-55H,1,3-4,6,11-14,31-34,38H2,(H,59,60). The van der Waals surface area contributed by atoms with Gasteiger partial charge in [0, 0.05) is 22.3 Å². The van der Waals surface area contributed by atoms with Gasteiger partial charge in [-0.25, -0.2) is 0 Å². The first-order chi connectivity index (χ1) is 29.7. The van der Waals surface area contributed by atoms with Crippen LogP contribution < -0.4 is 5.32 Å². The summed E-state index contributed by atoms with van der Waals surface area (Å²) >= 11 is 0. The number of allylic oxidation sites excluding steroid dienone is 8. The van der Waals surface area contributed by atoms with Crippen molar-refractivity contribution < 1.29 is 0 Å². The first kappa shape index (κ1) is 36.4. The van der Waals surface area contributed by atoms with Gasteiger partial charge in [0.25, 0.3) is 0 Å². The highest BCUT2D eigenvalue weighted by atomic mass is 15.1. The smallest absolute Gasteiger partial charge is 0.129 e. The van der Waals surface area contributed by atoms with Crippen LogP contribution in [0.15, 0.2) is 162 Å². The van der Waals surface area contributed by atoms with Gasteiger partial charge in [0.2, 0.25) is 0 Å². The number of benzene rings is 5. The van der Waals surface area contributed by atoms with Crippen LogP contribution in [0.5, 0.6) is 0 Å². The number of rotatable bonds is 5. The molecule has 2 spiro atoms. The van der Waals surface area contributed by atoms with E-state index < -0.39 is 0 Å². The summed E-state index contributed by atoms with van der Waals surface area (Å²) in [5.74, 6) is 2.06. The predicted octanol–water partition coefficient (Wildman–Crippen LogP) is 14.5. The third-order valence-electron chi connectivity index (χ3n) is 16.0. The van der Waals surface area contributed by atoms with E-state index in [0.717, 1.165) is 30.7 Å². The van der Waals surface area contributed by atoms with Crippen molar-refractivity contribution in [2.45, 2.75) is 112 Å². The maximum Gasteiger partial charge on any atom is 0.129 e. The normalized spacial score (nSPS) is 25.5. The molecule has 1 aliphatic heterocycles. The van der Waals surface area contributed by atoms with E-state index in [-0.39, 0.29) is 17.5 Å². The molecule has 6 aliphatic carbocycles. The molecule has 12 rings (SSSR count). The van der Waals surface area contributed by atoms with E-state index in [2.05, 4.69) is 157 Å². The van der Waals surface area contributed by atoms with Crippen molar-refractivity contribution in [3.63, 3.8) is 0 Å². The van der Waals surface area contributed by atoms with Crippen LogP contribution >= 0.6 is 0 Å². The van der Waals surface area contributed by atoms with Crippen molar-refractivity contribution in [2.75, 3.05) is 0 Å². The topological polar surface area (TPSA) is 24.4 Å². The molecule has 2 nitrogen and oxygen atoms in total. The van der Waals surface area contributed by atoms with Gasteiger partial charge in [-0.2, -0.15) is 0 Å². The van der Waals surface area contributed by atoms with Crippen LogP contribution in [0.1, 0.15) is 146 Å². The Bertz CT molecular complexity index is 2600. The molecule has 1 N–H and O–H groups in total. The maximum atomic E-state index is 5.38. The van der Waals surface area contributed by atoms with Crippen molar-refractivity contribution in [1.82, 2.24) is 5.32 Å². The molecular formula is C58H56N2. The molecule has 298 valence electrons. The van der Waals surface area contributed by atoms with E-state index in [1.165, 1.54) is 103 Å². The van der Waals surface area contributed by atoms with E-state index in [1.54, 1.807) is 27.8 Å². The summed E-state index contributed by atoms with van der Waals surface area (Å²) < 4.78 is 0. The van der Waals surface area contributed by atoms with Crippen molar-refractivity contribution in [3.05, 3.63) is 202 Å². The maximum absolute atomic E-state index is 5.38. The van der Waals surface area contributed by atoms with E-state index in [9.17, 15) is 0 Å². The number of fused-ring (bicyclic) bond motifs is 10. The minimum absolute atomic E-state index is 0.0636. The van der Waals surface area contributed by atoms with Crippen LogP contribution in [-0.2, 0) is 10.8 Å². The molecule has 1 heterocycles. The predicted molar refractivity (Wildman–Crippen MR) is 249 cm³/mol. The monoisotopic (exact) mass is 780 g/mol. The minimum atomic E-state index is 0.0636. The number of nitrogens with zero attached hydrogens (tertiary/aromatic N) is 1. The molecule has 60 heavy (non-hydrogen) atoms. The Morgan fingerprint density at radius 3 is 2.08 bits per heavy atom. The summed E-state index contributed by atoms with van der Waals surface area (Å²) in [4.78, 5) is 5.38. The van der Waals surface area contributed by atoms with E-state index >= 15 is 0 Å². The second-order valence-electron chi connectivity index (χ2n) is 19.1. The van der Waals surface area contributed by atoms with Crippen LogP contribution in [0, 0.1) is 5.92 Å². The Hall–Kier alpha value is -5.47. The van der Waals surface area contributed by atoms with Crippen LogP contribution in [0.25, 0.3) is 22.3 Å². The fraction of sp³-hybridized carbons (Fsp3) is 0.328. The molecule has 4 atom stereocenters. The summed E-state index contributed by atoms with van der Waals surface area (Å²) in [6.45, 7) is 0. The van der Waals surface area contributed by atoms with Gasteiger partial charge in [0.15, 0.2) is 0 Å². The van der Waals surface area contributed by atoms with Crippen LogP contribution in [0.2, 0.25) is 0 Å². The zero-order chi connectivity index (χ0) is 39.7. The fourth-order valence-electron chi connectivity index (χ4n) is 13.1. The molecule has 0 saturated heterocycles. The summed E-state index contributed by atoms with van der Waals surface area (Å²) in [6.07, 6.45) is 29.1. The van der Waals surface area contributed by atoms with Gasteiger partial charge in [-0.3, -0.25) is 4.99 Å². The Kier molecular flexibility index (Phi) is 8.86. The second-order valence-corrected chi connectivity index (χ2v) is 19.1. The first-order valence-corrected chi connectivity index (χ1v) is 23.3. The lowest BCUT2D eigenvalue weighted by molar-refractivity contribution is 0.231. The lowest BCUT2D eigenvalue weighted by Crippen LogP contribution is -2.36. The summed E-state index contributed by atoms with van der Waals surface area (Å²) in [5.41, 5.74) is 19.1. The molecule has 2 fully saturated rings. The Morgan fingerprint density at radius 2 is 1.30 bits per heavy atom. The highest BCUT2D eigenvalue weighted by Crippen LogP contribution is 2.66. The van der Waals surface area contributed by atoms with Gasteiger partial charge >= 0.3 is 0 Å². The Morgan fingerprint density at radius 1 is 0.583 bits per heavy atom. The molecule has 7 aliphatic rings. The Labute approximate surface area is 357 Å². The van der Waals surface area contributed by atoms with E-state index in [1.807, 2.05) is 0 Å². The quantitative estimate of drug-likeness (QED) is 0.189. The molecule has 0 bridgehead atoms. The number of nitrogens with one attached hydrogen (secondary N) is 1. The molecule has 5 aromatic carbocycles. The Balaban J connectivity index is 0.875. The van der Waals surface area contributed by atoms with Crippen molar-refractivity contribution in [3.8, 4) is 11.1 Å². The third-order valence-corrected chi connectivity index (χ3v) is 16.0. The van der Waals surface area contributed by atoms with E-state index in [4.69, 9.17) is 4.99 Å². The molecular weight excluding hydrogens is 725 g/mol. The SMILES string of the molecule is C1=CC(c2ccc(C3CC(c4ccc(-c5ccc6c(c5)C5(CCCCC5)C5=CC7C(C=C56)c5ccccc5C75CCCCC5)cc4)N=C(c4ccccc4)N3)cc2)=CCC1. The molecule has 5 aromatic rings. The van der Waals surface area contributed by atoms with Crippen LogP contribution in [-0.4, -0.2) is 5.84 Å². The molecule has 0 amide bonds. The second kappa shape index (κ2) is 14.6. The number of hydrogen-bond donors (Lipinski definition) is 1. The largest absolute Gasteiger partial charge is 0.363 e. The summed E-state index contributed by atoms with van der Waals surface area (Å²) in [5, 5.41) is 3.84. The fourth-order valence-corrected chi connectivity index (χ4v) is 13.1. The van der Waals surface area contributed by atoms with Crippen LogP contribution in [0.4, 0.5) is 0 Å². The zero-order valence-electron chi connectivity index (χ0n) is 34.9. The lowest BCUT2D eigenvalue weighted by atomic mass is 9.60. The number of amidine groups is 1. The van der Waals surface area contributed by atoms with Crippen molar-refractivity contribution in [1.29, 1.82) is 0 Å². The zero-order valence-corrected chi connectivity index (χ0v) is 34.9. The molecule has 2 heteroatoms. The van der Waals surface area contributed by atoms with E-state index in [0.29, 0.717) is 17.3 Å². The lowest BCUT2D eigenvalue weighted by Gasteiger charge is -2.43. The summed E-state index contributed by atoms with van der Waals surface area (Å²) in [7, 11) is 0. The van der Waals surface area contributed by atoms with Gasteiger partial charge in [-0.05, 0) is 124 Å². The van der Waals surface area contributed by atoms with Crippen molar-refractivity contribution in [2.24, 2.45) is 10.9 Å². The third kappa shape index (κ3) is 5.84. The van der Waals surface area contributed by atoms with Gasteiger partial charge in [-0.1, -0.05) is 184 Å².